The third kappa shape index (κ3) is 4.46. The smallest absolute Gasteiger partial charge is 0.132 e. The fraction of sp³-hybridized carbons (Fsp3) is 0.800. The molecule has 4 atom stereocenters. The van der Waals surface area contributed by atoms with Gasteiger partial charge < -0.3 is 14.7 Å². The number of ether oxygens (including phenoxy) is 1. The van der Waals surface area contributed by atoms with Gasteiger partial charge in [-0.05, 0) is 33.1 Å². The third-order valence-electron chi connectivity index (χ3n) is 6.27. The van der Waals surface area contributed by atoms with E-state index in [0.29, 0.717) is 18.1 Å². The molecule has 3 heterocycles. The molecule has 28 heavy (non-hydrogen) atoms. The zero-order chi connectivity index (χ0) is 19.5. The fourth-order valence-corrected chi connectivity index (χ4v) is 4.86. The molecular weight excluding hydrogens is 356 g/mol. The van der Waals surface area contributed by atoms with Crippen LogP contribution >= 0.6 is 0 Å². The summed E-state index contributed by atoms with van der Waals surface area (Å²) >= 11 is 0. The first-order valence-corrected chi connectivity index (χ1v) is 10.7. The lowest BCUT2D eigenvalue weighted by Crippen LogP contribution is -2.47. The van der Waals surface area contributed by atoms with Crippen LogP contribution in [0.2, 0.25) is 0 Å². The van der Waals surface area contributed by atoms with Gasteiger partial charge in [0.2, 0.25) is 0 Å². The fourth-order valence-electron chi connectivity index (χ4n) is 4.86. The molecule has 1 aromatic rings. The first-order chi connectivity index (χ1) is 13.6. The summed E-state index contributed by atoms with van der Waals surface area (Å²) in [4.78, 5) is 13.8. The van der Waals surface area contributed by atoms with Crippen molar-refractivity contribution < 1.29 is 9.84 Å². The maximum atomic E-state index is 9.12. The van der Waals surface area contributed by atoms with Gasteiger partial charge in [0.1, 0.15) is 12.1 Å². The van der Waals surface area contributed by atoms with Gasteiger partial charge in [0.15, 0.2) is 0 Å². The van der Waals surface area contributed by atoms with E-state index < -0.39 is 0 Å². The summed E-state index contributed by atoms with van der Waals surface area (Å²) in [6.07, 6.45) is 5.63. The van der Waals surface area contributed by atoms with Gasteiger partial charge >= 0.3 is 0 Å². The standard InChI is InChI=1S/C20H34N6O2/c1-14(2)28-15-3-4-17-16(11-15)20(24-23-17)18-12-19(22-13-21-18)26-7-5-25(6-8-26)9-10-27/h12-17,20,23-24,27H,3-11H2,1-2H3. The van der Waals surface area contributed by atoms with E-state index in [1.54, 1.807) is 6.33 Å². The van der Waals surface area contributed by atoms with Crippen molar-refractivity contribution in [1.82, 2.24) is 25.7 Å². The second-order valence-electron chi connectivity index (χ2n) is 8.51. The predicted octanol–water partition coefficient (Wildman–Crippen LogP) is 0.702. The minimum absolute atomic E-state index is 0.195. The third-order valence-corrected chi connectivity index (χ3v) is 6.27. The number of fused-ring (bicyclic) bond motifs is 1. The number of aromatic nitrogens is 2. The lowest BCUT2D eigenvalue weighted by molar-refractivity contribution is -0.0276. The molecule has 0 bridgehead atoms. The van der Waals surface area contributed by atoms with Crippen molar-refractivity contribution in [2.45, 2.75) is 57.4 Å². The molecule has 4 rings (SSSR count). The number of nitrogens with zero attached hydrogens (tertiary/aromatic N) is 4. The van der Waals surface area contributed by atoms with Crippen molar-refractivity contribution in [2.24, 2.45) is 5.92 Å². The molecule has 0 spiro atoms. The summed E-state index contributed by atoms with van der Waals surface area (Å²) in [5.41, 5.74) is 8.05. The number of nitrogens with one attached hydrogen (secondary N) is 2. The molecule has 8 nitrogen and oxygen atoms in total. The van der Waals surface area contributed by atoms with E-state index in [4.69, 9.17) is 9.84 Å². The topological polar surface area (TPSA) is 85.8 Å². The Bertz CT molecular complexity index is 637. The largest absolute Gasteiger partial charge is 0.395 e. The molecule has 0 aromatic carbocycles. The Kier molecular flexibility index (Phi) is 6.42. The molecule has 3 N–H and O–H groups in total. The van der Waals surface area contributed by atoms with Crippen LogP contribution in [0.4, 0.5) is 5.82 Å². The van der Waals surface area contributed by atoms with Gasteiger partial charge in [-0.15, -0.1) is 0 Å². The number of hydrazine groups is 1. The van der Waals surface area contributed by atoms with E-state index in [1.165, 1.54) is 0 Å². The van der Waals surface area contributed by atoms with Crippen LogP contribution in [-0.2, 0) is 4.74 Å². The van der Waals surface area contributed by atoms with E-state index in [9.17, 15) is 0 Å². The number of aliphatic hydroxyl groups excluding tert-OH is 1. The van der Waals surface area contributed by atoms with E-state index in [2.05, 4.69) is 50.5 Å². The number of hydrogen-bond donors (Lipinski definition) is 3. The quantitative estimate of drug-likeness (QED) is 0.655. The molecule has 4 unspecified atom stereocenters. The van der Waals surface area contributed by atoms with Crippen LogP contribution in [-0.4, -0.2) is 77.6 Å². The maximum Gasteiger partial charge on any atom is 0.132 e. The van der Waals surface area contributed by atoms with Crippen molar-refractivity contribution in [3.8, 4) is 0 Å². The Morgan fingerprint density at radius 3 is 2.75 bits per heavy atom. The van der Waals surface area contributed by atoms with Crippen molar-refractivity contribution in [3.63, 3.8) is 0 Å². The molecule has 8 heteroatoms. The number of rotatable bonds is 6. The lowest BCUT2D eigenvalue weighted by atomic mass is 9.79. The van der Waals surface area contributed by atoms with Crippen molar-refractivity contribution in [2.75, 3.05) is 44.2 Å². The van der Waals surface area contributed by atoms with Crippen LogP contribution in [0, 0.1) is 5.92 Å². The van der Waals surface area contributed by atoms with E-state index >= 15 is 0 Å². The molecule has 1 aromatic heterocycles. The van der Waals surface area contributed by atoms with Crippen LogP contribution in [0.1, 0.15) is 44.8 Å². The Labute approximate surface area is 167 Å². The van der Waals surface area contributed by atoms with Crippen LogP contribution in [0.5, 0.6) is 0 Å². The normalized spacial score (nSPS) is 31.4. The minimum atomic E-state index is 0.195. The molecule has 3 fully saturated rings. The summed E-state index contributed by atoms with van der Waals surface area (Å²) in [5, 5.41) is 9.12. The molecule has 1 aliphatic carbocycles. The minimum Gasteiger partial charge on any atom is -0.395 e. The van der Waals surface area contributed by atoms with Gasteiger partial charge in [-0.25, -0.2) is 15.4 Å². The molecule has 0 radical (unpaired) electrons. The highest BCUT2D eigenvalue weighted by Gasteiger charge is 2.42. The summed E-state index contributed by atoms with van der Waals surface area (Å²) in [6.45, 7) is 9.00. The van der Waals surface area contributed by atoms with Crippen molar-refractivity contribution >= 4 is 5.82 Å². The average Bonchev–Trinajstić information content (AvgIpc) is 3.12. The Morgan fingerprint density at radius 2 is 2.00 bits per heavy atom. The summed E-state index contributed by atoms with van der Waals surface area (Å²) in [7, 11) is 0. The van der Waals surface area contributed by atoms with Gasteiger partial charge in [-0.3, -0.25) is 10.3 Å². The Hall–Kier alpha value is -1.32. The summed E-state index contributed by atoms with van der Waals surface area (Å²) in [6, 6.07) is 2.83. The second kappa shape index (κ2) is 9.00. The van der Waals surface area contributed by atoms with Crippen LogP contribution in [0.3, 0.4) is 0 Å². The molecule has 0 amide bonds. The summed E-state index contributed by atoms with van der Waals surface area (Å²) < 4.78 is 6.11. The maximum absolute atomic E-state index is 9.12. The number of anilines is 1. The summed E-state index contributed by atoms with van der Waals surface area (Å²) in [5.74, 6) is 1.49. The molecule has 3 aliphatic rings. The number of piperazine rings is 1. The highest BCUT2D eigenvalue weighted by Crippen LogP contribution is 2.39. The van der Waals surface area contributed by atoms with Gasteiger partial charge in [-0.1, -0.05) is 0 Å². The highest BCUT2D eigenvalue weighted by molar-refractivity contribution is 5.40. The molecular formula is C20H34N6O2. The number of β-amino-alcohol motifs (C(OH)–C–C–N with tert-alkyl or cyclic N) is 1. The monoisotopic (exact) mass is 390 g/mol. The lowest BCUT2D eigenvalue weighted by Gasteiger charge is -2.35. The van der Waals surface area contributed by atoms with E-state index in [0.717, 1.165) is 63.5 Å². The second-order valence-corrected chi connectivity index (χ2v) is 8.51. The van der Waals surface area contributed by atoms with Gasteiger partial charge in [0.25, 0.3) is 0 Å². The van der Waals surface area contributed by atoms with Crippen LogP contribution in [0.25, 0.3) is 0 Å². The average molecular weight is 391 g/mol. The molecule has 2 saturated heterocycles. The van der Waals surface area contributed by atoms with Gasteiger partial charge in [0, 0.05) is 50.7 Å². The number of hydrogen-bond acceptors (Lipinski definition) is 8. The number of aliphatic hydroxyl groups is 1. The predicted molar refractivity (Wildman–Crippen MR) is 108 cm³/mol. The highest BCUT2D eigenvalue weighted by atomic mass is 16.5. The van der Waals surface area contributed by atoms with Gasteiger partial charge in [-0.2, -0.15) is 0 Å². The Morgan fingerprint density at radius 1 is 1.18 bits per heavy atom. The molecule has 156 valence electrons. The molecule has 1 saturated carbocycles. The van der Waals surface area contributed by atoms with Crippen molar-refractivity contribution in [3.05, 3.63) is 18.1 Å². The van der Waals surface area contributed by atoms with Crippen molar-refractivity contribution in [1.29, 1.82) is 0 Å². The van der Waals surface area contributed by atoms with Crippen LogP contribution in [0.15, 0.2) is 12.4 Å². The van der Waals surface area contributed by atoms with E-state index in [-0.39, 0.29) is 18.8 Å². The zero-order valence-electron chi connectivity index (χ0n) is 17.0. The SMILES string of the molecule is CC(C)OC1CCC2NNC(c3cc(N4CCN(CCO)CC4)ncn3)C2C1. The zero-order valence-corrected chi connectivity index (χ0v) is 17.0. The first-order valence-electron chi connectivity index (χ1n) is 10.7. The Balaban J connectivity index is 1.43. The van der Waals surface area contributed by atoms with Gasteiger partial charge in [0.05, 0.1) is 30.6 Å². The molecule has 2 aliphatic heterocycles. The first kappa shape index (κ1) is 20.0. The van der Waals surface area contributed by atoms with E-state index in [1.807, 2.05) is 0 Å². The van der Waals surface area contributed by atoms with Crippen LogP contribution < -0.4 is 15.8 Å².